The summed E-state index contributed by atoms with van der Waals surface area (Å²) in [5.74, 6) is 1.44. The zero-order valence-corrected chi connectivity index (χ0v) is 17.8. The van der Waals surface area contributed by atoms with Crippen molar-refractivity contribution >= 4 is 29.1 Å². The molecule has 3 aromatic carbocycles. The molecular formula is C24H21Cl2NO2. The lowest BCUT2D eigenvalue weighted by molar-refractivity contribution is 0.0733. The van der Waals surface area contributed by atoms with Crippen LogP contribution in [-0.2, 0) is 13.0 Å². The van der Waals surface area contributed by atoms with Gasteiger partial charge in [-0.3, -0.25) is 4.79 Å². The van der Waals surface area contributed by atoms with Gasteiger partial charge in [-0.05, 0) is 73.4 Å². The van der Waals surface area contributed by atoms with Crippen molar-refractivity contribution in [3.8, 4) is 11.5 Å². The number of nitrogens with zero attached hydrogens (tertiary/aromatic N) is 1. The summed E-state index contributed by atoms with van der Waals surface area (Å²) >= 11 is 12.3. The Morgan fingerprint density at radius 3 is 2.45 bits per heavy atom. The van der Waals surface area contributed by atoms with Crippen LogP contribution in [0, 0.1) is 13.8 Å². The molecular weight excluding hydrogens is 405 g/mol. The molecule has 0 N–H and O–H groups in total. The predicted molar refractivity (Wildman–Crippen MR) is 117 cm³/mol. The molecule has 1 heterocycles. The van der Waals surface area contributed by atoms with E-state index in [2.05, 4.69) is 0 Å². The van der Waals surface area contributed by atoms with E-state index in [1.165, 1.54) is 0 Å². The number of halogens is 2. The van der Waals surface area contributed by atoms with Crippen molar-refractivity contribution in [1.82, 2.24) is 4.90 Å². The quantitative estimate of drug-likeness (QED) is 0.472. The Morgan fingerprint density at radius 1 is 0.966 bits per heavy atom. The molecule has 0 fully saturated rings. The zero-order valence-electron chi connectivity index (χ0n) is 16.3. The van der Waals surface area contributed by atoms with Gasteiger partial charge in [-0.2, -0.15) is 0 Å². The monoisotopic (exact) mass is 425 g/mol. The number of ether oxygens (including phenoxy) is 1. The Morgan fingerprint density at radius 2 is 1.69 bits per heavy atom. The first-order valence-corrected chi connectivity index (χ1v) is 10.3. The van der Waals surface area contributed by atoms with Crippen LogP contribution in [0.4, 0.5) is 0 Å². The van der Waals surface area contributed by atoms with E-state index in [0.29, 0.717) is 34.4 Å². The lowest BCUT2D eigenvalue weighted by Gasteiger charge is -2.30. The number of carbonyl (C=O) groups excluding carboxylic acids is 1. The molecule has 0 bridgehead atoms. The maximum atomic E-state index is 13.3. The molecule has 0 unspecified atom stereocenters. The highest BCUT2D eigenvalue weighted by Crippen LogP contribution is 2.32. The topological polar surface area (TPSA) is 29.5 Å². The van der Waals surface area contributed by atoms with Gasteiger partial charge in [-0.1, -0.05) is 41.4 Å². The van der Waals surface area contributed by atoms with Gasteiger partial charge in [0.05, 0.1) is 10.0 Å². The average Bonchev–Trinajstić information content (AvgIpc) is 2.70. The minimum absolute atomic E-state index is 0.00563. The molecule has 0 atom stereocenters. The first kappa shape index (κ1) is 19.8. The number of amides is 1. The summed E-state index contributed by atoms with van der Waals surface area (Å²) in [6.07, 6.45) is 0.760. The van der Waals surface area contributed by atoms with Crippen LogP contribution in [0.3, 0.4) is 0 Å². The summed E-state index contributed by atoms with van der Waals surface area (Å²) in [4.78, 5) is 15.1. The molecule has 0 aromatic heterocycles. The van der Waals surface area contributed by atoms with E-state index < -0.39 is 0 Å². The van der Waals surface area contributed by atoms with E-state index in [4.69, 9.17) is 27.9 Å². The number of aryl methyl sites for hydroxylation is 1. The van der Waals surface area contributed by atoms with E-state index in [9.17, 15) is 4.79 Å². The van der Waals surface area contributed by atoms with Crippen molar-refractivity contribution < 1.29 is 9.53 Å². The van der Waals surface area contributed by atoms with Crippen molar-refractivity contribution in [2.45, 2.75) is 26.8 Å². The third kappa shape index (κ3) is 4.12. The molecule has 0 spiro atoms. The van der Waals surface area contributed by atoms with Crippen molar-refractivity contribution in [2.75, 3.05) is 6.54 Å². The molecule has 0 saturated heterocycles. The number of hydrogen-bond acceptors (Lipinski definition) is 2. The molecule has 0 radical (unpaired) electrons. The average molecular weight is 426 g/mol. The first-order valence-electron chi connectivity index (χ1n) is 9.52. The summed E-state index contributed by atoms with van der Waals surface area (Å²) in [7, 11) is 0. The molecule has 3 nitrogen and oxygen atoms in total. The number of fused-ring (bicyclic) bond motifs is 1. The molecule has 1 amide bonds. The maximum absolute atomic E-state index is 13.3. The molecule has 3 aromatic rings. The van der Waals surface area contributed by atoms with Crippen LogP contribution in [0.25, 0.3) is 0 Å². The fraction of sp³-hybridized carbons (Fsp3) is 0.208. The molecule has 4 rings (SSSR count). The minimum atomic E-state index is -0.00563. The van der Waals surface area contributed by atoms with Gasteiger partial charge in [0.2, 0.25) is 0 Å². The van der Waals surface area contributed by atoms with E-state index in [-0.39, 0.29) is 5.91 Å². The van der Waals surface area contributed by atoms with Crippen LogP contribution in [0.1, 0.15) is 32.6 Å². The number of hydrogen-bond donors (Lipinski definition) is 0. The second-order valence-corrected chi connectivity index (χ2v) is 8.17. The Bertz CT molecular complexity index is 1090. The predicted octanol–water partition coefficient (Wildman–Crippen LogP) is 6.60. The largest absolute Gasteiger partial charge is 0.457 e. The van der Waals surface area contributed by atoms with Gasteiger partial charge in [-0.25, -0.2) is 0 Å². The highest BCUT2D eigenvalue weighted by atomic mass is 35.5. The van der Waals surface area contributed by atoms with Gasteiger partial charge in [0.15, 0.2) is 0 Å². The van der Waals surface area contributed by atoms with Crippen LogP contribution in [0.15, 0.2) is 54.6 Å². The summed E-state index contributed by atoms with van der Waals surface area (Å²) in [5, 5.41) is 1.08. The summed E-state index contributed by atoms with van der Waals surface area (Å²) in [6.45, 7) is 5.11. The smallest absolute Gasteiger partial charge is 0.254 e. The third-order valence-corrected chi connectivity index (χ3v) is 6.00. The standard InChI is InChI=1S/C24H21Cl2NO2/c1-15-5-3-6-19(11-15)29-23-8-4-7-20(16(23)2)24(28)27-10-9-17-12-21(25)22(26)13-18(17)14-27/h3-8,11-13H,9-10,14H2,1-2H3. The van der Waals surface area contributed by atoms with Crippen LogP contribution in [-0.4, -0.2) is 17.4 Å². The van der Waals surface area contributed by atoms with Crippen LogP contribution in [0.5, 0.6) is 11.5 Å². The van der Waals surface area contributed by atoms with E-state index in [1.807, 2.05) is 73.3 Å². The SMILES string of the molecule is Cc1cccc(Oc2cccc(C(=O)N3CCc4cc(Cl)c(Cl)cc4C3)c2C)c1. The molecule has 1 aliphatic heterocycles. The fourth-order valence-corrected chi connectivity index (χ4v) is 4.03. The Balaban J connectivity index is 1.58. The lowest BCUT2D eigenvalue weighted by atomic mass is 9.98. The fourth-order valence-electron chi connectivity index (χ4n) is 3.66. The number of carbonyl (C=O) groups is 1. The van der Waals surface area contributed by atoms with Gasteiger partial charge >= 0.3 is 0 Å². The summed E-state index contributed by atoms with van der Waals surface area (Å²) in [6, 6.07) is 17.2. The second-order valence-electron chi connectivity index (χ2n) is 7.36. The van der Waals surface area contributed by atoms with E-state index in [0.717, 1.165) is 34.4 Å². The van der Waals surface area contributed by atoms with Crippen molar-refractivity contribution in [3.63, 3.8) is 0 Å². The number of rotatable bonds is 3. The third-order valence-electron chi connectivity index (χ3n) is 5.27. The highest BCUT2D eigenvalue weighted by molar-refractivity contribution is 6.42. The molecule has 1 aliphatic rings. The Labute approximate surface area is 180 Å². The van der Waals surface area contributed by atoms with Crippen LogP contribution >= 0.6 is 23.2 Å². The molecule has 148 valence electrons. The second kappa shape index (κ2) is 8.10. The highest BCUT2D eigenvalue weighted by Gasteiger charge is 2.24. The molecule has 0 saturated carbocycles. The van der Waals surface area contributed by atoms with E-state index in [1.54, 1.807) is 0 Å². The zero-order chi connectivity index (χ0) is 20.5. The van der Waals surface area contributed by atoms with Crippen LogP contribution in [0.2, 0.25) is 10.0 Å². The Hall–Kier alpha value is -2.49. The number of benzene rings is 3. The van der Waals surface area contributed by atoms with Gasteiger partial charge in [0, 0.05) is 24.2 Å². The van der Waals surface area contributed by atoms with E-state index >= 15 is 0 Å². The summed E-state index contributed by atoms with van der Waals surface area (Å²) in [5.41, 5.74) is 4.80. The molecule has 5 heteroatoms. The maximum Gasteiger partial charge on any atom is 0.254 e. The van der Waals surface area contributed by atoms with Gasteiger partial charge < -0.3 is 9.64 Å². The molecule has 0 aliphatic carbocycles. The van der Waals surface area contributed by atoms with Gasteiger partial charge in [-0.15, -0.1) is 0 Å². The Kier molecular flexibility index (Phi) is 5.53. The summed E-state index contributed by atoms with van der Waals surface area (Å²) < 4.78 is 6.05. The van der Waals surface area contributed by atoms with Crippen molar-refractivity contribution in [2.24, 2.45) is 0 Å². The normalized spacial score (nSPS) is 13.2. The van der Waals surface area contributed by atoms with Crippen molar-refractivity contribution in [1.29, 1.82) is 0 Å². The molecule has 29 heavy (non-hydrogen) atoms. The van der Waals surface area contributed by atoms with Gasteiger partial charge in [0.1, 0.15) is 11.5 Å². The van der Waals surface area contributed by atoms with Gasteiger partial charge in [0.25, 0.3) is 5.91 Å². The van der Waals surface area contributed by atoms with Crippen LogP contribution < -0.4 is 4.74 Å². The van der Waals surface area contributed by atoms with Crippen molar-refractivity contribution in [3.05, 3.63) is 92.5 Å². The minimum Gasteiger partial charge on any atom is -0.457 e. The lowest BCUT2D eigenvalue weighted by Crippen LogP contribution is -2.36. The first-order chi connectivity index (χ1) is 13.9.